The van der Waals surface area contributed by atoms with Crippen molar-refractivity contribution in [3.05, 3.63) is 90.2 Å². The fourth-order valence-electron chi connectivity index (χ4n) is 4.89. The maximum atomic E-state index is 13.1. The Balaban J connectivity index is 0.00000102. The Morgan fingerprint density at radius 1 is 0.892 bits per heavy atom. The molecule has 3 aromatic carbocycles. The van der Waals surface area contributed by atoms with E-state index in [1.807, 2.05) is 11.0 Å². The molecule has 0 radical (unpaired) electrons. The van der Waals surface area contributed by atoms with E-state index < -0.39 is 0 Å². The van der Waals surface area contributed by atoms with Gasteiger partial charge in [-0.3, -0.25) is 0 Å². The Hall–Kier alpha value is -3.54. The number of hydrogen-bond donors (Lipinski definition) is 1. The molecule has 0 atom stereocenters. The van der Waals surface area contributed by atoms with Crippen molar-refractivity contribution in [1.82, 2.24) is 4.90 Å². The first-order valence-electron chi connectivity index (χ1n) is 13.4. The van der Waals surface area contributed by atoms with Crippen molar-refractivity contribution in [3.8, 4) is 5.75 Å². The smallest absolute Gasteiger partial charge is 0.321 e. The predicted molar refractivity (Wildman–Crippen MR) is 149 cm³/mol. The number of nitrogens with one attached hydrogen (secondary N) is 1. The lowest BCUT2D eigenvalue weighted by molar-refractivity contribution is 0.0110. The lowest BCUT2D eigenvalue weighted by Gasteiger charge is -2.41. The summed E-state index contributed by atoms with van der Waals surface area (Å²) in [7, 11) is 0. The van der Waals surface area contributed by atoms with Crippen LogP contribution in [0.1, 0.15) is 45.1 Å². The topological polar surface area (TPSA) is 44.8 Å². The van der Waals surface area contributed by atoms with Gasteiger partial charge in [0, 0.05) is 51.1 Å². The van der Waals surface area contributed by atoms with Crippen LogP contribution in [0.25, 0.3) is 0 Å². The molecule has 37 heavy (non-hydrogen) atoms. The number of fused-ring (bicyclic) bond motifs is 1. The van der Waals surface area contributed by atoms with E-state index in [0.717, 1.165) is 50.2 Å². The Kier molecular flexibility index (Phi) is 9.04. The summed E-state index contributed by atoms with van der Waals surface area (Å²) in [5.41, 5.74) is 2.80. The first kappa shape index (κ1) is 26.5. The van der Waals surface area contributed by atoms with Gasteiger partial charge in [0.15, 0.2) is 0 Å². The summed E-state index contributed by atoms with van der Waals surface area (Å²) in [6.45, 7) is 7.36. The fraction of sp³-hybridized carbons (Fsp3) is 0.387. The normalized spacial score (nSPS) is 16.1. The van der Waals surface area contributed by atoms with Crippen LogP contribution in [0.15, 0.2) is 78.9 Å². The third-order valence-electron chi connectivity index (χ3n) is 6.94. The number of ether oxygens (including phenoxy) is 1. The lowest BCUT2D eigenvalue weighted by atomic mass is 9.87. The number of piperidine rings is 1. The van der Waals surface area contributed by atoms with Gasteiger partial charge >= 0.3 is 6.03 Å². The summed E-state index contributed by atoms with van der Waals surface area (Å²) in [5.74, 6) is 0.610. The number of para-hydroxylation sites is 2. The van der Waals surface area contributed by atoms with Gasteiger partial charge in [-0.05, 0) is 48.4 Å². The zero-order chi connectivity index (χ0) is 26.1. The lowest BCUT2D eigenvalue weighted by Crippen LogP contribution is -2.51. The second-order valence-electron chi connectivity index (χ2n) is 9.86. The molecule has 6 heteroatoms. The van der Waals surface area contributed by atoms with Crippen LogP contribution in [-0.2, 0) is 6.42 Å². The highest BCUT2D eigenvalue weighted by Crippen LogP contribution is 2.40. The van der Waals surface area contributed by atoms with Crippen LogP contribution >= 0.6 is 0 Å². The van der Waals surface area contributed by atoms with Gasteiger partial charge < -0.3 is 19.9 Å². The number of carbonyl (C=O) groups excluding carboxylic acids is 1. The Morgan fingerprint density at radius 2 is 1.51 bits per heavy atom. The number of hydrogen-bond acceptors (Lipinski definition) is 3. The van der Waals surface area contributed by atoms with Gasteiger partial charge in [0.25, 0.3) is 0 Å². The molecule has 2 aliphatic heterocycles. The second-order valence-corrected chi connectivity index (χ2v) is 9.86. The highest BCUT2D eigenvalue weighted by atomic mass is 19.1. The molecule has 3 aromatic rings. The molecule has 1 N–H and O–H groups in total. The van der Waals surface area contributed by atoms with Gasteiger partial charge in [-0.1, -0.05) is 62.7 Å². The average molecular weight is 504 g/mol. The molecule has 2 heterocycles. The van der Waals surface area contributed by atoms with Gasteiger partial charge in [0.05, 0.1) is 5.69 Å². The minimum atomic E-state index is -0.318. The van der Waals surface area contributed by atoms with E-state index in [-0.39, 0.29) is 17.4 Å². The van der Waals surface area contributed by atoms with Gasteiger partial charge in [-0.15, -0.1) is 0 Å². The minimum Gasteiger partial charge on any atom is -0.485 e. The van der Waals surface area contributed by atoms with E-state index in [1.54, 1.807) is 12.1 Å². The highest BCUT2D eigenvalue weighted by molar-refractivity contribution is 5.89. The molecule has 1 saturated heterocycles. The highest BCUT2D eigenvalue weighted by Gasteiger charge is 2.40. The number of carbonyl (C=O) groups is 1. The maximum Gasteiger partial charge on any atom is 0.321 e. The molecule has 2 amide bonds. The largest absolute Gasteiger partial charge is 0.485 e. The SMILES string of the molecule is CCC.O=C(Nc1ccc(F)cc1)N1CCC2(CC1)CCN(CCc1ccccc1)c1ccccc1O2. The van der Waals surface area contributed by atoms with Crippen LogP contribution in [-0.4, -0.2) is 42.7 Å². The van der Waals surface area contributed by atoms with Gasteiger partial charge in [0.1, 0.15) is 17.2 Å². The minimum absolute atomic E-state index is 0.153. The van der Waals surface area contributed by atoms with Crippen molar-refractivity contribution >= 4 is 17.4 Å². The van der Waals surface area contributed by atoms with Crippen LogP contribution in [0.3, 0.4) is 0 Å². The predicted octanol–water partition coefficient (Wildman–Crippen LogP) is 7.14. The number of benzene rings is 3. The van der Waals surface area contributed by atoms with Crippen molar-refractivity contribution < 1.29 is 13.9 Å². The number of rotatable bonds is 4. The Bertz CT molecular complexity index is 1130. The summed E-state index contributed by atoms with van der Waals surface area (Å²) < 4.78 is 19.8. The van der Waals surface area contributed by atoms with Crippen LogP contribution in [0.5, 0.6) is 5.75 Å². The number of urea groups is 1. The third kappa shape index (κ3) is 7.03. The first-order valence-corrected chi connectivity index (χ1v) is 13.4. The molecule has 0 aliphatic carbocycles. The molecule has 0 saturated carbocycles. The number of likely N-dealkylation sites (tertiary alicyclic amines) is 1. The molecule has 0 aromatic heterocycles. The summed E-state index contributed by atoms with van der Waals surface area (Å²) in [5, 5.41) is 2.87. The number of halogens is 1. The van der Waals surface area contributed by atoms with E-state index in [2.05, 4.69) is 72.6 Å². The van der Waals surface area contributed by atoms with E-state index in [0.29, 0.717) is 18.8 Å². The quantitative estimate of drug-likeness (QED) is 0.412. The monoisotopic (exact) mass is 503 g/mol. The molecule has 5 rings (SSSR count). The number of amides is 2. The van der Waals surface area contributed by atoms with E-state index in [9.17, 15) is 9.18 Å². The van der Waals surface area contributed by atoms with Gasteiger partial charge in [-0.2, -0.15) is 0 Å². The van der Waals surface area contributed by atoms with Crippen molar-refractivity contribution in [2.24, 2.45) is 0 Å². The molecular weight excluding hydrogens is 465 g/mol. The number of nitrogens with zero attached hydrogens (tertiary/aromatic N) is 2. The Morgan fingerprint density at radius 3 is 2.22 bits per heavy atom. The van der Waals surface area contributed by atoms with Crippen molar-refractivity contribution in [3.63, 3.8) is 0 Å². The molecule has 0 unspecified atom stereocenters. The zero-order valence-corrected chi connectivity index (χ0v) is 22.0. The molecule has 196 valence electrons. The zero-order valence-electron chi connectivity index (χ0n) is 22.0. The summed E-state index contributed by atoms with van der Waals surface area (Å²) in [6.07, 6.45) is 4.72. The van der Waals surface area contributed by atoms with E-state index in [4.69, 9.17) is 4.74 Å². The van der Waals surface area contributed by atoms with Crippen molar-refractivity contribution in [2.45, 2.75) is 51.6 Å². The maximum absolute atomic E-state index is 13.1. The van der Waals surface area contributed by atoms with Gasteiger partial charge in [0.2, 0.25) is 0 Å². The Labute approximate surface area is 220 Å². The molecule has 0 bridgehead atoms. The van der Waals surface area contributed by atoms with Gasteiger partial charge in [-0.25, -0.2) is 9.18 Å². The fourth-order valence-corrected chi connectivity index (χ4v) is 4.89. The molecule has 2 aliphatic rings. The third-order valence-corrected chi connectivity index (χ3v) is 6.94. The number of anilines is 2. The summed E-state index contributed by atoms with van der Waals surface area (Å²) >= 11 is 0. The van der Waals surface area contributed by atoms with Crippen molar-refractivity contribution in [2.75, 3.05) is 36.4 Å². The van der Waals surface area contributed by atoms with Crippen LogP contribution in [0.4, 0.5) is 20.6 Å². The van der Waals surface area contributed by atoms with Crippen molar-refractivity contribution in [1.29, 1.82) is 0 Å². The average Bonchev–Trinajstić information content (AvgIpc) is 3.07. The standard InChI is InChI=1S/C28H30FN3O2.C3H8/c29-23-10-12-24(13-11-23)30-27(33)32-20-16-28(17-21-32)15-19-31(18-14-22-6-2-1-3-7-22)25-8-4-5-9-26(25)34-28;1-3-2/h1-13H,14-21H2,(H,30,33);3H2,1-2H3. The molecule has 1 fully saturated rings. The van der Waals surface area contributed by atoms with Crippen LogP contribution < -0.4 is 15.0 Å². The van der Waals surface area contributed by atoms with Crippen LogP contribution in [0.2, 0.25) is 0 Å². The molecular formula is C31H38FN3O2. The van der Waals surface area contributed by atoms with E-state index >= 15 is 0 Å². The first-order chi connectivity index (χ1) is 18.0. The van der Waals surface area contributed by atoms with E-state index in [1.165, 1.54) is 24.1 Å². The molecule has 1 spiro atoms. The molecule has 5 nitrogen and oxygen atoms in total. The summed E-state index contributed by atoms with van der Waals surface area (Å²) in [6, 6.07) is 24.6. The van der Waals surface area contributed by atoms with Crippen LogP contribution in [0, 0.1) is 5.82 Å². The second kappa shape index (κ2) is 12.6. The summed E-state index contributed by atoms with van der Waals surface area (Å²) in [4.78, 5) is 17.0.